The van der Waals surface area contributed by atoms with Crippen molar-refractivity contribution in [2.24, 2.45) is 11.7 Å². The van der Waals surface area contributed by atoms with Crippen LogP contribution in [-0.2, 0) is 17.7 Å². The smallest absolute Gasteiger partial charge is 0.402 e. The van der Waals surface area contributed by atoms with E-state index in [1.807, 2.05) is 6.08 Å². The predicted octanol–water partition coefficient (Wildman–Crippen LogP) is 8.59. The van der Waals surface area contributed by atoms with E-state index in [0.717, 1.165) is 12.0 Å². The molecule has 0 bridgehead atoms. The molecule has 0 saturated carbocycles. The Morgan fingerprint density at radius 1 is 0.608 bits per heavy atom. The zero-order valence-electron chi connectivity index (χ0n) is 27.1. The molecule has 0 spiro atoms. The van der Waals surface area contributed by atoms with Crippen LogP contribution in [-0.4, -0.2) is 17.4 Å². The van der Waals surface area contributed by atoms with Gasteiger partial charge in [-0.2, -0.15) is 0 Å². The van der Waals surface area contributed by atoms with Gasteiger partial charge in [0.15, 0.2) is 23.3 Å². The van der Waals surface area contributed by atoms with Gasteiger partial charge in [-0.05, 0) is 73.7 Å². The monoisotopic (exact) mass is 694 g/mol. The van der Waals surface area contributed by atoms with Gasteiger partial charge in [0.25, 0.3) is 0 Å². The maximum absolute atomic E-state index is 12.9. The molecule has 5 nitrogen and oxygen atoms in total. The number of nitrogens with two attached hydrogens (primary N) is 2. The van der Waals surface area contributed by atoms with Gasteiger partial charge in [0.05, 0.1) is 12.2 Å². The number of halogens is 5. The number of benzene rings is 6. The quantitative estimate of drug-likeness (QED) is 0.0335. The fourth-order valence-corrected chi connectivity index (χ4v) is 6.06. The highest BCUT2D eigenvalue weighted by molar-refractivity contribution is 6.32. The zero-order chi connectivity index (χ0) is 36.7. The lowest BCUT2D eigenvalue weighted by Crippen LogP contribution is -2.18. The summed E-state index contributed by atoms with van der Waals surface area (Å²) in [5.41, 5.74) is 13.1. The highest BCUT2D eigenvalue weighted by Crippen LogP contribution is 2.50. The Bertz CT molecular complexity index is 2120. The van der Waals surface area contributed by atoms with Gasteiger partial charge >= 0.3 is 7.32 Å². The van der Waals surface area contributed by atoms with Crippen molar-refractivity contribution in [3.05, 3.63) is 173 Å². The molecular weight excluding hydrogens is 662 g/mol. The Morgan fingerprint density at radius 2 is 1.12 bits per heavy atom. The van der Waals surface area contributed by atoms with Crippen molar-refractivity contribution in [2.45, 2.75) is 13.0 Å². The van der Waals surface area contributed by atoms with E-state index in [1.54, 1.807) is 0 Å². The van der Waals surface area contributed by atoms with Crippen LogP contribution in [0.15, 0.2) is 122 Å². The van der Waals surface area contributed by atoms with Crippen LogP contribution >= 0.6 is 0 Å². The predicted molar refractivity (Wildman–Crippen MR) is 191 cm³/mol. The van der Waals surface area contributed by atoms with Gasteiger partial charge in [-0.3, -0.25) is 11.7 Å². The summed E-state index contributed by atoms with van der Waals surface area (Å²) in [5, 5.41) is 16.4. The van der Waals surface area contributed by atoms with Crippen molar-refractivity contribution in [2.75, 3.05) is 0 Å². The van der Waals surface area contributed by atoms with E-state index in [4.69, 9.17) is 10.0 Å². The molecule has 6 aromatic carbocycles. The van der Waals surface area contributed by atoms with Crippen molar-refractivity contribution in [1.82, 2.24) is 0 Å². The summed E-state index contributed by atoms with van der Waals surface area (Å²) in [4.78, 5) is 0. The lowest BCUT2D eigenvalue weighted by Gasteiger charge is -2.21. The number of hydrazine groups is 1. The standard InChI is InChI=1S/C33H24.C7H4BF5O3.H4N2/c1-2-23-17-19-24(20-18-23)29-22-30-28-16-10-9-15-27(28)21-31(30)33(26-13-7-4-8-14-26)32(29)25-11-5-3-6-12-25;9-3-2(1-16-8(14)15)4(10)6(12)7(13)5(3)11;1-2/h2-20,22H,1,21H2;14-15H,1H2;1-2H2. The minimum Gasteiger partial charge on any atom is -0.402 e. The molecule has 0 aromatic heterocycles. The summed E-state index contributed by atoms with van der Waals surface area (Å²) in [6, 6.07) is 41.7. The van der Waals surface area contributed by atoms with Gasteiger partial charge in [0, 0.05) is 0 Å². The first-order valence-electron chi connectivity index (χ1n) is 15.6. The first-order valence-corrected chi connectivity index (χ1v) is 15.6. The third-order valence-electron chi connectivity index (χ3n) is 8.37. The van der Waals surface area contributed by atoms with Crippen molar-refractivity contribution in [1.29, 1.82) is 0 Å². The van der Waals surface area contributed by atoms with Gasteiger partial charge in [-0.15, -0.1) is 0 Å². The van der Waals surface area contributed by atoms with Crippen molar-refractivity contribution < 1.29 is 36.7 Å². The van der Waals surface area contributed by atoms with Crippen LogP contribution in [0.2, 0.25) is 0 Å². The van der Waals surface area contributed by atoms with Crippen LogP contribution in [0.3, 0.4) is 0 Å². The molecule has 0 atom stereocenters. The molecule has 1 aliphatic carbocycles. The SMILES string of the molecule is C=Cc1ccc(-c2cc3c(c(-c4ccccc4)c2-c2ccccc2)Cc2ccccc2-3)cc1.NN.OB(O)OCc1c(F)c(F)c(F)c(F)c1F. The fraction of sp³-hybridized carbons (Fsp3) is 0.0500. The summed E-state index contributed by atoms with van der Waals surface area (Å²) in [6.07, 6.45) is 2.86. The van der Waals surface area contributed by atoms with E-state index in [-0.39, 0.29) is 0 Å². The Hall–Kier alpha value is -5.43. The molecule has 0 amide bonds. The van der Waals surface area contributed by atoms with Crippen molar-refractivity contribution >= 4 is 13.4 Å². The normalized spacial score (nSPS) is 11.0. The second-order valence-electron chi connectivity index (χ2n) is 11.3. The maximum atomic E-state index is 12.9. The number of fused-ring (bicyclic) bond motifs is 3. The average Bonchev–Trinajstić information content (AvgIpc) is 3.55. The van der Waals surface area contributed by atoms with Crippen LogP contribution in [0.25, 0.3) is 50.6 Å². The van der Waals surface area contributed by atoms with Crippen LogP contribution in [0.1, 0.15) is 22.3 Å². The summed E-state index contributed by atoms with van der Waals surface area (Å²) in [7, 11) is -2.38. The molecule has 6 aromatic rings. The van der Waals surface area contributed by atoms with E-state index < -0.39 is 48.6 Å². The molecule has 1 aliphatic rings. The minimum atomic E-state index is -2.38. The van der Waals surface area contributed by atoms with E-state index >= 15 is 0 Å². The Morgan fingerprint density at radius 3 is 1.67 bits per heavy atom. The molecule has 6 N–H and O–H groups in total. The second kappa shape index (κ2) is 16.5. The van der Waals surface area contributed by atoms with E-state index in [0.29, 0.717) is 0 Å². The average molecular weight is 695 g/mol. The third-order valence-corrected chi connectivity index (χ3v) is 8.37. The van der Waals surface area contributed by atoms with Gasteiger partial charge < -0.3 is 14.7 Å². The molecule has 0 heterocycles. The summed E-state index contributed by atoms with van der Waals surface area (Å²) in [5.74, 6) is -2.67. The molecule has 0 radical (unpaired) electrons. The van der Waals surface area contributed by atoms with Crippen LogP contribution in [0.4, 0.5) is 22.0 Å². The lowest BCUT2D eigenvalue weighted by molar-refractivity contribution is 0.170. The summed E-state index contributed by atoms with van der Waals surface area (Å²) in [6.45, 7) is 2.76. The summed E-state index contributed by atoms with van der Waals surface area (Å²) < 4.78 is 67.4. The zero-order valence-corrected chi connectivity index (χ0v) is 27.1. The molecule has 0 unspecified atom stereocenters. The number of hydrogen-bond donors (Lipinski definition) is 4. The van der Waals surface area contributed by atoms with Gasteiger partial charge in [-0.25, -0.2) is 22.0 Å². The van der Waals surface area contributed by atoms with Crippen molar-refractivity contribution in [3.63, 3.8) is 0 Å². The minimum absolute atomic E-state index is 0.964. The molecule has 51 heavy (non-hydrogen) atoms. The molecule has 7 rings (SSSR count). The van der Waals surface area contributed by atoms with Gasteiger partial charge in [0.1, 0.15) is 0 Å². The van der Waals surface area contributed by atoms with Crippen LogP contribution in [0.5, 0.6) is 0 Å². The highest BCUT2D eigenvalue weighted by atomic mass is 19.2. The molecule has 0 aliphatic heterocycles. The second-order valence-corrected chi connectivity index (χ2v) is 11.3. The largest absolute Gasteiger partial charge is 0.634 e. The maximum Gasteiger partial charge on any atom is 0.634 e. The van der Waals surface area contributed by atoms with Gasteiger partial charge in [-0.1, -0.05) is 122 Å². The molecule has 0 fully saturated rings. The topological polar surface area (TPSA) is 102 Å². The van der Waals surface area contributed by atoms with Crippen LogP contribution < -0.4 is 11.7 Å². The fourth-order valence-electron chi connectivity index (χ4n) is 6.06. The Labute approximate surface area is 292 Å². The number of hydrogen-bond acceptors (Lipinski definition) is 5. The highest BCUT2D eigenvalue weighted by Gasteiger charge is 2.28. The number of rotatable bonds is 7. The summed E-state index contributed by atoms with van der Waals surface area (Å²) >= 11 is 0. The van der Waals surface area contributed by atoms with E-state index in [2.05, 4.69) is 138 Å². The van der Waals surface area contributed by atoms with Gasteiger partial charge in [0.2, 0.25) is 5.82 Å². The van der Waals surface area contributed by atoms with E-state index in [1.165, 1.54) is 55.6 Å². The van der Waals surface area contributed by atoms with E-state index in [9.17, 15) is 22.0 Å². The molecule has 11 heteroatoms. The Kier molecular flexibility index (Phi) is 11.9. The third kappa shape index (κ3) is 7.68. The first kappa shape index (κ1) is 36.8. The molecule has 258 valence electrons. The van der Waals surface area contributed by atoms with Crippen molar-refractivity contribution in [3.8, 4) is 44.5 Å². The van der Waals surface area contributed by atoms with Crippen LogP contribution in [0, 0.1) is 29.1 Å². The lowest BCUT2D eigenvalue weighted by atomic mass is 9.82. The Balaban J connectivity index is 0.000000237. The first-order chi connectivity index (χ1) is 24.7. The molecular formula is C40H32BF5N2O3. The molecule has 0 saturated heterocycles.